The molecular formula is C21H25F3N2O3. The van der Waals surface area contributed by atoms with Crippen LogP contribution in [0.4, 0.5) is 18.0 Å². The fraction of sp³-hybridized carbons (Fsp3) is 0.619. The molecule has 158 valence electrons. The van der Waals surface area contributed by atoms with E-state index < -0.39 is 18.2 Å². The lowest BCUT2D eigenvalue weighted by Crippen LogP contribution is -2.61. The van der Waals surface area contributed by atoms with E-state index in [-0.39, 0.29) is 36.4 Å². The van der Waals surface area contributed by atoms with Gasteiger partial charge in [0, 0.05) is 12.6 Å². The Kier molecular flexibility index (Phi) is 5.21. The highest BCUT2D eigenvalue weighted by atomic mass is 19.4. The van der Waals surface area contributed by atoms with Gasteiger partial charge in [-0.05, 0) is 60.8 Å². The standard InChI is InChI=1S/C21H25F3N2O3/c22-21(23,24)18(27)25-12-20-8-14-6-15(9-20)17(16(7-14)10-20)26-19(28)29-11-13-4-2-1-3-5-13/h1-5,14-17H,6-12H2,(H,25,27)(H,26,28)/t14?,15-,16+,17?,20?. The molecule has 5 atom stereocenters. The van der Waals surface area contributed by atoms with Crippen molar-refractivity contribution >= 4 is 12.0 Å². The van der Waals surface area contributed by atoms with Crippen LogP contribution in [0, 0.1) is 23.2 Å². The molecule has 3 unspecified atom stereocenters. The van der Waals surface area contributed by atoms with Crippen molar-refractivity contribution in [2.75, 3.05) is 6.54 Å². The Morgan fingerprint density at radius 2 is 1.72 bits per heavy atom. The van der Waals surface area contributed by atoms with Crippen LogP contribution >= 0.6 is 0 Å². The van der Waals surface area contributed by atoms with Crippen LogP contribution in [-0.4, -0.2) is 30.8 Å². The first kappa shape index (κ1) is 20.0. The fourth-order valence-corrected chi connectivity index (χ4v) is 5.91. The molecule has 1 aromatic rings. The normalized spacial score (nSPS) is 32.7. The first-order valence-corrected chi connectivity index (χ1v) is 10.1. The van der Waals surface area contributed by atoms with E-state index in [1.54, 1.807) is 0 Å². The van der Waals surface area contributed by atoms with Crippen LogP contribution in [0.15, 0.2) is 30.3 Å². The third-order valence-electron chi connectivity index (χ3n) is 6.78. The van der Waals surface area contributed by atoms with Gasteiger partial charge in [-0.2, -0.15) is 13.2 Å². The highest BCUT2D eigenvalue weighted by Crippen LogP contribution is 2.59. The topological polar surface area (TPSA) is 67.4 Å². The Morgan fingerprint density at radius 1 is 1.07 bits per heavy atom. The summed E-state index contributed by atoms with van der Waals surface area (Å²) in [4.78, 5) is 23.5. The number of carbonyl (C=O) groups excluding carboxylic acids is 2. The molecule has 29 heavy (non-hydrogen) atoms. The third-order valence-corrected chi connectivity index (χ3v) is 6.78. The molecule has 4 aliphatic carbocycles. The van der Waals surface area contributed by atoms with E-state index in [0.29, 0.717) is 5.92 Å². The van der Waals surface area contributed by atoms with E-state index in [9.17, 15) is 22.8 Å². The number of ether oxygens (including phenoxy) is 1. The molecule has 8 heteroatoms. The van der Waals surface area contributed by atoms with Crippen LogP contribution in [0.3, 0.4) is 0 Å². The molecule has 0 aromatic heterocycles. The van der Waals surface area contributed by atoms with Gasteiger partial charge in [0.1, 0.15) is 6.61 Å². The second kappa shape index (κ2) is 7.54. The van der Waals surface area contributed by atoms with Gasteiger partial charge in [-0.3, -0.25) is 4.79 Å². The van der Waals surface area contributed by atoms with Crippen LogP contribution in [0.25, 0.3) is 0 Å². The summed E-state index contributed by atoms with van der Waals surface area (Å²) in [5.41, 5.74) is 0.621. The number of benzene rings is 1. The number of rotatable bonds is 5. The van der Waals surface area contributed by atoms with Crippen molar-refractivity contribution in [3.8, 4) is 0 Å². The van der Waals surface area contributed by atoms with Gasteiger partial charge in [-0.15, -0.1) is 0 Å². The van der Waals surface area contributed by atoms with Gasteiger partial charge >= 0.3 is 18.2 Å². The number of nitrogens with one attached hydrogen (secondary N) is 2. The quantitative estimate of drug-likeness (QED) is 0.776. The summed E-state index contributed by atoms with van der Waals surface area (Å²) in [5.74, 6) is -0.984. The summed E-state index contributed by atoms with van der Waals surface area (Å²) in [6.45, 7) is 0.255. The number of alkyl carbamates (subject to hydrolysis) is 1. The zero-order valence-electron chi connectivity index (χ0n) is 16.0. The molecule has 5 nitrogen and oxygen atoms in total. The minimum atomic E-state index is -4.85. The van der Waals surface area contributed by atoms with Crippen LogP contribution in [0.2, 0.25) is 0 Å². The van der Waals surface area contributed by atoms with Gasteiger partial charge in [0.05, 0.1) is 0 Å². The van der Waals surface area contributed by atoms with E-state index >= 15 is 0 Å². The molecule has 0 saturated heterocycles. The Bertz CT molecular complexity index is 752. The SMILES string of the molecule is O=C(NC1[C@@H]2CC3C[C@H]1CC(CNC(=O)C(F)(F)F)(C3)C2)OCc1ccccc1. The van der Waals surface area contributed by atoms with E-state index in [4.69, 9.17) is 4.74 Å². The van der Waals surface area contributed by atoms with Crippen molar-refractivity contribution in [2.45, 2.75) is 50.9 Å². The van der Waals surface area contributed by atoms with Gasteiger partial charge in [-0.25, -0.2) is 4.79 Å². The minimum absolute atomic E-state index is 0.0127. The van der Waals surface area contributed by atoms with Crippen molar-refractivity contribution in [3.63, 3.8) is 0 Å². The molecule has 0 radical (unpaired) electrons. The predicted octanol–water partition coefficient (Wildman–Crippen LogP) is 3.79. The van der Waals surface area contributed by atoms with Crippen LogP contribution < -0.4 is 10.6 Å². The van der Waals surface area contributed by atoms with Crippen molar-refractivity contribution in [1.29, 1.82) is 0 Å². The minimum Gasteiger partial charge on any atom is -0.445 e. The predicted molar refractivity (Wildman–Crippen MR) is 98.6 cm³/mol. The second-order valence-electron chi connectivity index (χ2n) is 8.88. The zero-order chi connectivity index (χ0) is 20.6. The lowest BCUT2D eigenvalue weighted by molar-refractivity contribution is -0.175. The van der Waals surface area contributed by atoms with Crippen molar-refractivity contribution < 1.29 is 27.5 Å². The highest BCUT2D eigenvalue weighted by molar-refractivity contribution is 5.81. The average Bonchev–Trinajstić information content (AvgIpc) is 2.67. The number of hydrogen-bond donors (Lipinski definition) is 2. The largest absolute Gasteiger partial charge is 0.471 e. The van der Waals surface area contributed by atoms with Crippen LogP contribution in [0.5, 0.6) is 0 Å². The molecule has 2 N–H and O–H groups in total. The molecule has 0 spiro atoms. The monoisotopic (exact) mass is 410 g/mol. The molecule has 2 amide bonds. The molecule has 0 aliphatic heterocycles. The first-order valence-electron chi connectivity index (χ1n) is 10.1. The maximum atomic E-state index is 12.5. The Balaban J connectivity index is 1.33. The highest BCUT2D eigenvalue weighted by Gasteiger charge is 2.56. The van der Waals surface area contributed by atoms with E-state index in [1.807, 2.05) is 30.3 Å². The Labute approximate surface area is 167 Å². The average molecular weight is 410 g/mol. The summed E-state index contributed by atoms with van der Waals surface area (Å²) in [5, 5.41) is 5.11. The van der Waals surface area contributed by atoms with E-state index in [1.165, 1.54) is 0 Å². The van der Waals surface area contributed by atoms with Gasteiger partial charge in [0.25, 0.3) is 0 Å². The number of carbonyl (C=O) groups is 2. The summed E-state index contributed by atoms with van der Waals surface area (Å²) in [6.07, 6.45) is -1.07. The van der Waals surface area contributed by atoms with Crippen LogP contribution in [-0.2, 0) is 16.1 Å². The Hall–Kier alpha value is -2.25. The molecule has 0 heterocycles. The van der Waals surface area contributed by atoms with Crippen LogP contribution in [0.1, 0.15) is 37.7 Å². The molecule has 4 bridgehead atoms. The van der Waals surface area contributed by atoms with Crippen molar-refractivity contribution in [3.05, 3.63) is 35.9 Å². The van der Waals surface area contributed by atoms with Gasteiger partial charge < -0.3 is 15.4 Å². The lowest BCUT2D eigenvalue weighted by atomic mass is 9.48. The molecule has 4 fully saturated rings. The van der Waals surface area contributed by atoms with Gasteiger partial charge in [0.2, 0.25) is 0 Å². The summed E-state index contributed by atoms with van der Waals surface area (Å²) in [7, 11) is 0. The number of amides is 2. The maximum Gasteiger partial charge on any atom is 0.471 e. The number of hydrogen-bond acceptors (Lipinski definition) is 3. The summed E-state index contributed by atoms with van der Waals surface area (Å²) in [6, 6.07) is 9.41. The van der Waals surface area contributed by atoms with Crippen molar-refractivity contribution in [2.24, 2.45) is 23.2 Å². The molecule has 5 rings (SSSR count). The molecular weight excluding hydrogens is 385 g/mol. The third kappa shape index (κ3) is 4.36. The van der Waals surface area contributed by atoms with Crippen molar-refractivity contribution in [1.82, 2.24) is 10.6 Å². The summed E-state index contributed by atoms with van der Waals surface area (Å²) < 4.78 is 43.0. The lowest BCUT2D eigenvalue weighted by Gasteiger charge is -2.60. The zero-order valence-corrected chi connectivity index (χ0v) is 16.0. The first-order chi connectivity index (χ1) is 13.7. The van der Waals surface area contributed by atoms with E-state index in [0.717, 1.165) is 37.7 Å². The molecule has 4 aliphatic rings. The Morgan fingerprint density at radius 3 is 2.34 bits per heavy atom. The number of alkyl halides is 3. The van der Waals surface area contributed by atoms with Gasteiger partial charge in [-0.1, -0.05) is 30.3 Å². The maximum absolute atomic E-state index is 12.5. The van der Waals surface area contributed by atoms with Gasteiger partial charge in [0.15, 0.2) is 0 Å². The summed E-state index contributed by atoms with van der Waals surface area (Å²) >= 11 is 0. The number of halogens is 3. The molecule has 1 aromatic carbocycles. The fourth-order valence-electron chi connectivity index (χ4n) is 5.91. The smallest absolute Gasteiger partial charge is 0.445 e. The second-order valence-corrected chi connectivity index (χ2v) is 8.88. The molecule has 4 saturated carbocycles. The van der Waals surface area contributed by atoms with E-state index in [2.05, 4.69) is 10.6 Å².